The Morgan fingerprint density at radius 2 is 1.70 bits per heavy atom. The molecular formula is C15H26N2O2S. The molecular weight excluding hydrogens is 272 g/mol. The Kier molecular flexibility index (Phi) is 6.65. The third-order valence-corrected chi connectivity index (χ3v) is 5.29. The van der Waals surface area contributed by atoms with Crippen molar-refractivity contribution in [3.63, 3.8) is 0 Å². The van der Waals surface area contributed by atoms with Gasteiger partial charge in [0.05, 0.1) is 5.75 Å². The first-order chi connectivity index (χ1) is 9.36. The van der Waals surface area contributed by atoms with Crippen LogP contribution in [-0.4, -0.2) is 32.4 Å². The third kappa shape index (κ3) is 5.23. The fraction of sp³-hybridized carbons (Fsp3) is 0.600. The Hall–Kier alpha value is -0.910. The lowest BCUT2D eigenvalue weighted by Crippen LogP contribution is -2.33. The monoisotopic (exact) mass is 298 g/mol. The number of nitrogens with zero attached hydrogens (tertiary/aromatic N) is 1. The van der Waals surface area contributed by atoms with Crippen molar-refractivity contribution in [2.24, 2.45) is 0 Å². The molecule has 20 heavy (non-hydrogen) atoms. The molecule has 0 aliphatic heterocycles. The molecule has 0 amide bonds. The highest BCUT2D eigenvalue weighted by atomic mass is 32.2. The van der Waals surface area contributed by atoms with Crippen LogP contribution in [0.4, 0.5) is 0 Å². The first-order valence-electron chi connectivity index (χ1n) is 7.11. The van der Waals surface area contributed by atoms with Gasteiger partial charge in [-0.2, -0.15) is 0 Å². The van der Waals surface area contributed by atoms with Crippen molar-refractivity contribution in [1.29, 1.82) is 0 Å². The lowest BCUT2D eigenvalue weighted by atomic mass is 10.1. The van der Waals surface area contributed by atoms with Gasteiger partial charge in [-0.15, -0.1) is 0 Å². The van der Waals surface area contributed by atoms with E-state index in [1.54, 1.807) is 7.05 Å². The lowest BCUT2D eigenvalue weighted by molar-refractivity contribution is 0.410. The second-order valence-corrected chi connectivity index (χ2v) is 7.39. The number of nitrogens with one attached hydrogen (secondary N) is 1. The minimum atomic E-state index is -3.23. The molecule has 0 radical (unpaired) electrons. The highest BCUT2D eigenvalue weighted by molar-refractivity contribution is 7.88. The lowest BCUT2D eigenvalue weighted by Gasteiger charge is -2.21. The van der Waals surface area contributed by atoms with E-state index in [1.807, 2.05) is 38.1 Å². The van der Waals surface area contributed by atoms with Crippen molar-refractivity contribution in [1.82, 2.24) is 9.62 Å². The van der Waals surface area contributed by atoms with Gasteiger partial charge < -0.3 is 5.32 Å². The van der Waals surface area contributed by atoms with Crippen molar-refractivity contribution in [3.05, 3.63) is 35.4 Å². The van der Waals surface area contributed by atoms with Crippen LogP contribution < -0.4 is 5.32 Å². The largest absolute Gasteiger partial charge is 0.313 e. The molecule has 114 valence electrons. The molecule has 1 rings (SSSR count). The summed E-state index contributed by atoms with van der Waals surface area (Å²) in [6.07, 6.45) is 1.11. The molecule has 0 saturated heterocycles. The molecule has 0 fully saturated rings. The van der Waals surface area contributed by atoms with E-state index in [0.29, 0.717) is 0 Å². The molecule has 0 unspecified atom stereocenters. The Balaban J connectivity index is 2.65. The molecule has 0 bridgehead atoms. The van der Waals surface area contributed by atoms with E-state index in [0.717, 1.165) is 25.1 Å². The quantitative estimate of drug-likeness (QED) is 0.750. The Bertz CT molecular complexity index is 495. The van der Waals surface area contributed by atoms with Gasteiger partial charge in [0.1, 0.15) is 0 Å². The molecule has 0 atom stereocenters. The summed E-state index contributed by atoms with van der Waals surface area (Å²) >= 11 is 0. The predicted octanol–water partition coefficient (Wildman–Crippen LogP) is 2.36. The SMILES string of the molecule is CCCNCc1ccc(CS(=O)(=O)N(C)C(C)C)cc1. The average molecular weight is 298 g/mol. The van der Waals surface area contributed by atoms with E-state index >= 15 is 0 Å². The van der Waals surface area contributed by atoms with Crippen molar-refractivity contribution in [2.75, 3.05) is 13.6 Å². The minimum Gasteiger partial charge on any atom is -0.313 e. The van der Waals surface area contributed by atoms with Crippen molar-refractivity contribution >= 4 is 10.0 Å². The van der Waals surface area contributed by atoms with Crippen LogP contribution in [0.1, 0.15) is 38.3 Å². The summed E-state index contributed by atoms with van der Waals surface area (Å²) in [6, 6.07) is 7.76. The third-order valence-electron chi connectivity index (χ3n) is 3.29. The van der Waals surface area contributed by atoms with Crippen molar-refractivity contribution in [2.45, 2.75) is 45.5 Å². The summed E-state index contributed by atoms with van der Waals surface area (Å²) in [5.74, 6) is 0.0599. The van der Waals surface area contributed by atoms with Gasteiger partial charge in [0.25, 0.3) is 0 Å². The minimum absolute atomic E-state index is 0.0162. The normalized spacial score (nSPS) is 12.3. The second-order valence-electron chi connectivity index (χ2n) is 5.36. The Morgan fingerprint density at radius 1 is 1.15 bits per heavy atom. The van der Waals surface area contributed by atoms with Gasteiger partial charge >= 0.3 is 0 Å². The molecule has 1 aromatic carbocycles. The average Bonchev–Trinajstić information content (AvgIpc) is 2.39. The maximum Gasteiger partial charge on any atom is 0.218 e. The van der Waals surface area contributed by atoms with Crippen LogP contribution in [-0.2, 0) is 22.3 Å². The zero-order chi connectivity index (χ0) is 15.2. The Morgan fingerprint density at radius 3 is 2.20 bits per heavy atom. The molecule has 4 nitrogen and oxygen atoms in total. The fourth-order valence-corrected chi connectivity index (χ4v) is 3.26. The summed E-state index contributed by atoms with van der Waals surface area (Å²) in [4.78, 5) is 0. The van der Waals surface area contributed by atoms with Crippen molar-refractivity contribution in [3.8, 4) is 0 Å². The summed E-state index contributed by atoms with van der Waals surface area (Å²) in [5, 5.41) is 3.33. The first kappa shape index (κ1) is 17.1. The van der Waals surface area contributed by atoms with E-state index in [4.69, 9.17) is 0 Å². The summed E-state index contributed by atoms with van der Waals surface area (Å²) in [6.45, 7) is 7.70. The second kappa shape index (κ2) is 7.76. The molecule has 5 heteroatoms. The predicted molar refractivity (Wildman–Crippen MR) is 84.0 cm³/mol. The molecule has 0 aliphatic rings. The van der Waals surface area contributed by atoms with Gasteiger partial charge in [-0.1, -0.05) is 31.2 Å². The van der Waals surface area contributed by atoms with Gasteiger partial charge in [0.2, 0.25) is 10.0 Å². The van der Waals surface area contributed by atoms with E-state index in [9.17, 15) is 8.42 Å². The van der Waals surface area contributed by atoms with Gasteiger partial charge in [-0.3, -0.25) is 0 Å². The van der Waals surface area contributed by atoms with E-state index in [-0.39, 0.29) is 11.8 Å². The van der Waals surface area contributed by atoms with E-state index in [2.05, 4.69) is 12.2 Å². The number of hydrogen-bond donors (Lipinski definition) is 1. The zero-order valence-corrected chi connectivity index (χ0v) is 13.7. The first-order valence-corrected chi connectivity index (χ1v) is 8.72. The highest BCUT2D eigenvalue weighted by Crippen LogP contribution is 2.13. The number of rotatable bonds is 8. The van der Waals surface area contributed by atoms with Crippen LogP contribution in [0.2, 0.25) is 0 Å². The number of hydrogen-bond acceptors (Lipinski definition) is 3. The zero-order valence-electron chi connectivity index (χ0n) is 12.9. The van der Waals surface area contributed by atoms with Crippen molar-refractivity contribution < 1.29 is 8.42 Å². The fourth-order valence-electron chi connectivity index (χ4n) is 1.80. The molecule has 0 heterocycles. The maximum absolute atomic E-state index is 12.2. The highest BCUT2D eigenvalue weighted by Gasteiger charge is 2.20. The van der Waals surface area contributed by atoms with Gasteiger partial charge in [0.15, 0.2) is 0 Å². The Labute approximate surface area is 123 Å². The molecule has 1 N–H and O–H groups in total. The number of benzene rings is 1. The molecule has 0 aliphatic carbocycles. The molecule has 0 spiro atoms. The van der Waals surface area contributed by atoms with E-state index in [1.165, 1.54) is 9.87 Å². The van der Waals surface area contributed by atoms with Crippen LogP contribution >= 0.6 is 0 Å². The summed E-state index contributed by atoms with van der Waals surface area (Å²) in [7, 11) is -1.60. The summed E-state index contributed by atoms with van der Waals surface area (Å²) in [5.41, 5.74) is 2.01. The van der Waals surface area contributed by atoms with Crippen LogP contribution in [0.5, 0.6) is 0 Å². The maximum atomic E-state index is 12.2. The van der Waals surface area contributed by atoms with Crippen LogP contribution in [0.3, 0.4) is 0 Å². The smallest absolute Gasteiger partial charge is 0.218 e. The standard InChI is InChI=1S/C15H26N2O2S/c1-5-10-16-11-14-6-8-15(9-7-14)12-20(18,19)17(4)13(2)3/h6-9,13,16H,5,10-12H2,1-4H3. The van der Waals surface area contributed by atoms with Crippen LogP contribution in [0.15, 0.2) is 24.3 Å². The molecule has 1 aromatic rings. The molecule has 0 aromatic heterocycles. The van der Waals surface area contributed by atoms with Gasteiger partial charge in [0, 0.05) is 19.6 Å². The summed E-state index contributed by atoms with van der Waals surface area (Å²) < 4.78 is 25.7. The van der Waals surface area contributed by atoms with E-state index < -0.39 is 10.0 Å². The number of sulfonamides is 1. The topological polar surface area (TPSA) is 49.4 Å². The molecule has 0 saturated carbocycles. The van der Waals surface area contributed by atoms with Crippen LogP contribution in [0.25, 0.3) is 0 Å². The van der Waals surface area contributed by atoms with Crippen LogP contribution in [0, 0.1) is 0 Å². The van der Waals surface area contributed by atoms with Gasteiger partial charge in [-0.05, 0) is 37.9 Å². The van der Waals surface area contributed by atoms with Gasteiger partial charge in [-0.25, -0.2) is 12.7 Å².